The van der Waals surface area contributed by atoms with Crippen LogP contribution < -0.4 is 25.6 Å². The summed E-state index contributed by atoms with van der Waals surface area (Å²) in [4.78, 5) is 27.7. The number of rotatable bonds is 10. The maximum atomic E-state index is 12.8. The van der Waals surface area contributed by atoms with Crippen molar-refractivity contribution in [3.05, 3.63) is 84.4 Å². The molecule has 1 saturated heterocycles. The second-order valence-electron chi connectivity index (χ2n) is 9.91. The van der Waals surface area contributed by atoms with E-state index in [1.807, 2.05) is 42.5 Å². The Balaban J connectivity index is 1.29. The lowest BCUT2D eigenvalue weighted by atomic mass is 10.2. The van der Waals surface area contributed by atoms with Gasteiger partial charge < -0.3 is 25.5 Å². The molecule has 1 aromatic heterocycles. The number of piperazine rings is 1. The summed E-state index contributed by atoms with van der Waals surface area (Å²) in [5.74, 6) is 0.939. The largest absolute Gasteiger partial charge is 0.488 e. The van der Waals surface area contributed by atoms with Gasteiger partial charge in [0.1, 0.15) is 31.2 Å². The first-order valence-electron chi connectivity index (χ1n) is 13.1. The van der Waals surface area contributed by atoms with Crippen LogP contribution in [0.4, 0.5) is 17.3 Å². The number of quaternary nitrogens is 1. The number of fused-ring (bicyclic) bond motifs is 1. The zero-order valence-corrected chi connectivity index (χ0v) is 22.0. The van der Waals surface area contributed by atoms with E-state index in [0.717, 1.165) is 37.0 Å². The van der Waals surface area contributed by atoms with E-state index in [-0.39, 0.29) is 23.0 Å². The van der Waals surface area contributed by atoms with E-state index < -0.39 is 0 Å². The molecule has 4 N–H and O–H groups in total. The molecule has 0 bridgehead atoms. The minimum Gasteiger partial charge on any atom is -0.488 e. The molecular weight excluding hydrogens is 494 g/mol. The number of nitrogens with zero attached hydrogens (tertiary/aromatic N) is 2. The van der Waals surface area contributed by atoms with Crippen LogP contribution in [0.2, 0.25) is 0 Å². The van der Waals surface area contributed by atoms with Crippen LogP contribution in [0, 0.1) is 0 Å². The van der Waals surface area contributed by atoms with Gasteiger partial charge in [-0.15, -0.1) is 0 Å². The third-order valence-corrected chi connectivity index (χ3v) is 7.21. The lowest BCUT2D eigenvalue weighted by molar-refractivity contribution is -0.121. The first-order valence-corrected chi connectivity index (χ1v) is 13.1. The van der Waals surface area contributed by atoms with Gasteiger partial charge in [0.2, 0.25) is 0 Å². The summed E-state index contributed by atoms with van der Waals surface area (Å²) in [5, 5.41) is 7.18. The van der Waals surface area contributed by atoms with Crippen molar-refractivity contribution in [1.82, 2.24) is 14.7 Å². The minimum absolute atomic E-state index is 0.0159. The Morgan fingerprint density at radius 2 is 1.92 bits per heavy atom. The highest BCUT2D eigenvalue weighted by molar-refractivity contribution is 6.05. The molecule has 2 unspecified atom stereocenters. The topological polar surface area (TPSA) is 110 Å². The maximum Gasteiger partial charge on any atom is 0.310 e. The fraction of sp³-hybridized carbons (Fsp3) is 0.267. The quantitative estimate of drug-likeness (QED) is 0.162. The number of amides is 2. The average molecular weight is 529 g/mol. The molecule has 1 fully saturated rings. The molecule has 9 nitrogen and oxygen atoms in total. The van der Waals surface area contributed by atoms with Crippen LogP contribution >= 0.6 is 0 Å². The standard InChI is InChI=1S/C30H33N5O4/c1-22-19-32-14-15-34(22)20-35(21-36,29-18-24-6-2-5-9-28(24)39-29)16-17-38-25-12-10-23(11-13-25)30(37)33-27-8-4-3-7-26(27)31/h2-13,18,21-22,32H,14-17,19-20,31H2,1H3/p+1. The van der Waals surface area contributed by atoms with Crippen molar-refractivity contribution in [3.63, 3.8) is 0 Å². The summed E-state index contributed by atoms with van der Waals surface area (Å²) < 4.78 is 12.2. The fourth-order valence-electron chi connectivity index (χ4n) is 4.83. The molecule has 39 heavy (non-hydrogen) atoms. The Labute approximate surface area is 227 Å². The van der Waals surface area contributed by atoms with Crippen LogP contribution in [0.3, 0.4) is 0 Å². The molecule has 3 aromatic carbocycles. The SMILES string of the molecule is CC1CNCCN1C[N+](C=O)(CCOc1ccc(C(=O)Nc2ccccc2N)cc1)c1cc2ccccc2o1. The number of furan rings is 1. The van der Waals surface area contributed by atoms with Gasteiger partial charge in [-0.2, -0.15) is 4.48 Å². The van der Waals surface area contributed by atoms with Crippen molar-refractivity contribution in [2.75, 3.05) is 50.5 Å². The van der Waals surface area contributed by atoms with Crippen LogP contribution in [-0.2, 0) is 4.79 Å². The van der Waals surface area contributed by atoms with Gasteiger partial charge in [-0.3, -0.25) is 9.69 Å². The Kier molecular flexibility index (Phi) is 7.92. The molecule has 0 aliphatic carbocycles. The Bertz CT molecular complexity index is 1400. The first kappa shape index (κ1) is 26.4. The number of anilines is 2. The van der Waals surface area contributed by atoms with E-state index in [1.54, 1.807) is 36.4 Å². The number of nitrogens with one attached hydrogen (secondary N) is 2. The summed E-state index contributed by atoms with van der Waals surface area (Å²) in [6.45, 7) is 5.89. The summed E-state index contributed by atoms with van der Waals surface area (Å²) in [6, 6.07) is 24.0. The van der Waals surface area contributed by atoms with Crippen LogP contribution in [0.1, 0.15) is 17.3 Å². The molecule has 9 heteroatoms. The normalized spacial score (nSPS) is 17.4. The third-order valence-electron chi connectivity index (χ3n) is 7.21. The number of nitrogen functional groups attached to an aromatic ring is 1. The van der Waals surface area contributed by atoms with E-state index in [4.69, 9.17) is 14.9 Å². The van der Waals surface area contributed by atoms with E-state index in [2.05, 4.69) is 22.5 Å². The predicted molar refractivity (Wildman–Crippen MR) is 154 cm³/mol. The number of para-hydroxylation sites is 3. The average Bonchev–Trinajstić information content (AvgIpc) is 3.40. The summed E-state index contributed by atoms with van der Waals surface area (Å²) in [6.07, 6.45) is 0.957. The van der Waals surface area contributed by atoms with Crippen LogP contribution in [0.15, 0.2) is 83.3 Å². The second-order valence-corrected chi connectivity index (χ2v) is 9.91. The van der Waals surface area contributed by atoms with Crippen molar-refractivity contribution in [2.24, 2.45) is 0 Å². The molecule has 1 aliphatic rings. The Morgan fingerprint density at radius 3 is 2.67 bits per heavy atom. The number of carbonyl (C=O) groups is 2. The molecule has 0 radical (unpaired) electrons. The molecule has 0 spiro atoms. The summed E-state index contributed by atoms with van der Waals surface area (Å²) in [5.41, 5.74) is 8.23. The van der Waals surface area contributed by atoms with Crippen molar-refractivity contribution < 1.29 is 18.7 Å². The first-order chi connectivity index (χ1) is 19.0. The number of ether oxygens (including phenoxy) is 1. The van der Waals surface area contributed by atoms with Crippen LogP contribution in [-0.4, -0.2) is 62.7 Å². The molecule has 2 heterocycles. The fourth-order valence-corrected chi connectivity index (χ4v) is 4.83. The van der Waals surface area contributed by atoms with Gasteiger partial charge in [0.05, 0.1) is 17.4 Å². The van der Waals surface area contributed by atoms with E-state index in [9.17, 15) is 9.59 Å². The van der Waals surface area contributed by atoms with Gasteiger partial charge in [0.25, 0.3) is 5.91 Å². The molecule has 202 valence electrons. The number of nitrogens with two attached hydrogens (primary N) is 1. The molecule has 4 aromatic rings. The van der Waals surface area contributed by atoms with Gasteiger partial charge in [-0.05, 0) is 49.4 Å². The van der Waals surface area contributed by atoms with Gasteiger partial charge >= 0.3 is 12.3 Å². The molecular formula is C30H34N5O4+. The van der Waals surface area contributed by atoms with E-state index in [1.165, 1.54) is 0 Å². The summed E-state index contributed by atoms with van der Waals surface area (Å²) in [7, 11) is 0. The van der Waals surface area contributed by atoms with E-state index in [0.29, 0.717) is 41.8 Å². The molecule has 2 amide bonds. The van der Waals surface area contributed by atoms with Gasteiger partial charge in [0.15, 0.2) is 0 Å². The Hall–Kier alpha value is -4.18. The van der Waals surface area contributed by atoms with Crippen molar-refractivity contribution in [2.45, 2.75) is 13.0 Å². The van der Waals surface area contributed by atoms with E-state index >= 15 is 0 Å². The maximum absolute atomic E-state index is 12.8. The van der Waals surface area contributed by atoms with Gasteiger partial charge in [-0.1, -0.05) is 30.3 Å². The highest BCUT2D eigenvalue weighted by Gasteiger charge is 2.38. The van der Waals surface area contributed by atoms with Crippen LogP contribution in [0.5, 0.6) is 5.75 Å². The second kappa shape index (κ2) is 11.7. The summed E-state index contributed by atoms with van der Waals surface area (Å²) >= 11 is 0. The molecule has 2 atom stereocenters. The van der Waals surface area contributed by atoms with Gasteiger partial charge in [0, 0.05) is 36.6 Å². The number of benzene rings is 3. The van der Waals surface area contributed by atoms with Crippen molar-refractivity contribution in [1.29, 1.82) is 0 Å². The lowest BCUT2D eigenvalue weighted by Crippen LogP contribution is -2.61. The van der Waals surface area contributed by atoms with Crippen LogP contribution in [0.25, 0.3) is 11.0 Å². The zero-order chi connectivity index (χ0) is 27.2. The molecule has 0 saturated carbocycles. The lowest BCUT2D eigenvalue weighted by Gasteiger charge is -2.39. The number of carbonyl (C=O) groups excluding carboxylic acids is 2. The Morgan fingerprint density at radius 1 is 1.15 bits per heavy atom. The minimum atomic E-state index is -0.258. The molecule has 5 rings (SSSR count). The smallest absolute Gasteiger partial charge is 0.310 e. The predicted octanol–water partition coefficient (Wildman–Crippen LogP) is 4.06. The van der Waals surface area contributed by atoms with Crippen molar-refractivity contribution in [3.8, 4) is 5.75 Å². The molecule has 1 aliphatic heterocycles. The van der Waals surface area contributed by atoms with Crippen molar-refractivity contribution >= 4 is 40.5 Å². The van der Waals surface area contributed by atoms with Gasteiger partial charge in [-0.25, -0.2) is 4.79 Å². The monoisotopic (exact) mass is 528 g/mol. The zero-order valence-electron chi connectivity index (χ0n) is 22.0. The number of hydrogen-bond donors (Lipinski definition) is 3. The highest BCUT2D eigenvalue weighted by Crippen LogP contribution is 2.31. The third kappa shape index (κ3) is 5.96. The number of hydrogen-bond acceptors (Lipinski definition) is 7. The highest BCUT2D eigenvalue weighted by atomic mass is 16.5.